The molecule has 0 radical (unpaired) electrons. The van der Waals surface area contributed by atoms with Crippen molar-refractivity contribution in [3.63, 3.8) is 0 Å². The molecule has 2 aromatic rings. The third-order valence-corrected chi connectivity index (χ3v) is 2.03. The van der Waals surface area contributed by atoms with Crippen molar-refractivity contribution in [3.05, 3.63) is 30.0 Å². The zero-order valence-electron chi connectivity index (χ0n) is 9.11. The summed E-state index contributed by atoms with van der Waals surface area (Å²) in [7, 11) is 0. The molecule has 18 heavy (non-hydrogen) atoms. The lowest BCUT2D eigenvalue weighted by molar-refractivity contribution is -0.122. The van der Waals surface area contributed by atoms with E-state index in [4.69, 9.17) is 9.52 Å². The summed E-state index contributed by atoms with van der Waals surface area (Å²) in [6, 6.07) is 2.81. The number of hydrogen-bond donors (Lipinski definition) is 2. The van der Waals surface area contributed by atoms with E-state index in [0.29, 0.717) is 5.76 Å². The van der Waals surface area contributed by atoms with Crippen LogP contribution in [-0.4, -0.2) is 37.2 Å². The molecule has 0 aliphatic rings. The minimum atomic E-state index is -1.15. The minimum absolute atomic E-state index is 0.0144. The van der Waals surface area contributed by atoms with E-state index in [1.807, 2.05) is 0 Å². The van der Waals surface area contributed by atoms with Crippen molar-refractivity contribution >= 4 is 11.9 Å². The molecule has 9 nitrogen and oxygen atoms in total. The van der Waals surface area contributed by atoms with Gasteiger partial charge in [-0.2, -0.15) is 0 Å². The number of rotatable bonds is 5. The molecule has 2 aromatic heterocycles. The lowest BCUT2D eigenvalue weighted by Gasteiger charge is -2.02. The lowest BCUT2D eigenvalue weighted by atomic mass is 10.4. The Hall–Kier alpha value is -2.71. The van der Waals surface area contributed by atoms with Crippen LogP contribution in [0.5, 0.6) is 0 Å². The highest BCUT2D eigenvalue weighted by molar-refractivity contribution is 5.84. The SMILES string of the molecule is O=C(Cn1cnnn1)NCc1ccc(C(=O)O)o1. The van der Waals surface area contributed by atoms with Crippen molar-refractivity contribution in [2.45, 2.75) is 13.1 Å². The van der Waals surface area contributed by atoms with Crippen molar-refractivity contribution < 1.29 is 19.1 Å². The Morgan fingerprint density at radius 1 is 1.44 bits per heavy atom. The van der Waals surface area contributed by atoms with Gasteiger partial charge in [0.1, 0.15) is 18.6 Å². The predicted molar refractivity (Wildman–Crippen MR) is 55.3 cm³/mol. The van der Waals surface area contributed by atoms with Crippen LogP contribution in [0.25, 0.3) is 0 Å². The number of nitrogens with zero attached hydrogens (tertiary/aromatic N) is 4. The van der Waals surface area contributed by atoms with Crippen LogP contribution in [0.15, 0.2) is 22.9 Å². The van der Waals surface area contributed by atoms with Crippen LogP contribution in [0.3, 0.4) is 0 Å². The standard InChI is InChI=1S/C9H9N5O4/c15-8(4-14-5-11-12-13-14)10-3-6-1-2-7(18-6)9(16)17/h1-2,5H,3-4H2,(H,10,15)(H,16,17). The summed E-state index contributed by atoms with van der Waals surface area (Å²) in [6.07, 6.45) is 1.31. The smallest absolute Gasteiger partial charge is 0.371 e. The molecular formula is C9H9N5O4. The molecule has 0 spiro atoms. The van der Waals surface area contributed by atoms with Gasteiger partial charge in [-0.15, -0.1) is 5.10 Å². The van der Waals surface area contributed by atoms with E-state index in [9.17, 15) is 9.59 Å². The van der Waals surface area contributed by atoms with Gasteiger partial charge in [0.2, 0.25) is 11.7 Å². The summed E-state index contributed by atoms with van der Waals surface area (Å²) >= 11 is 0. The van der Waals surface area contributed by atoms with Gasteiger partial charge in [0.05, 0.1) is 6.54 Å². The zero-order chi connectivity index (χ0) is 13.0. The molecule has 0 atom stereocenters. The number of furan rings is 1. The second-order valence-electron chi connectivity index (χ2n) is 3.36. The molecule has 0 unspecified atom stereocenters. The summed E-state index contributed by atoms with van der Waals surface area (Å²) in [6.45, 7) is 0.0910. The molecule has 2 N–H and O–H groups in total. The summed E-state index contributed by atoms with van der Waals surface area (Å²) < 4.78 is 6.23. The van der Waals surface area contributed by atoms with Gasteiger partial charge in [-0.1, -0.05) is 0 Å². The molecule has 0 aromatic carbocycles. The van der Waals surface area contributed by atoms with Gasteiger partial charge in [0.15, 0.2) is 0 Å². The van der Waals surface area contributed by atoms with Crippen LogP contribution < -0.4 is 5.32 Å². The highest BCUT2D eigenvalue weighted by Crippen LogP contribution is 2.07. The van der Waals surface area contributed by atoms with E-state index in [-0.39, 0.29) is 24.8 Å². The van der Waals surface area contributed by atoms with Gasteiger partial charge < -0.3 is 14.8 Å². The van der Waals surface area contributed by atoms with Crippen LogP contribution in [0, 0.1) is 0 Å². The zero-order valence-corrected chi connectivity index (χ0v) is 9.11. The molecule has 9 heteroatoms. The molecule has 94 valence electrons. The van der Waals surface area contributed by atoms with Gasteiger partial charge >= 0.3 is 5.97 Å². The van der Waals surface area contributed by atoms with Gasteiger partial charge in [-0.25, -0.2) is 9.48 Å². The predicted octanol–water partition coefficient (Wildman–Crippen LogP) is -0.719. The van der Waals surface area contributed by atoms with Crippen molar-refractivity contribution in [3.8, 4) is 0 Å². The average molecular weight is 251 g/mol. The number of carboxylic acids is 1. The first kappa shape index (κ1) is 11.8. The molecule has 0 fully saturated rings. The fourth-order valence-corrected chi connectivity index (χ4v) is 1.23. The van der Waals surface area contributed by atoms with E-state index < -0.39 is 5.97 Å². The van der Waals surface area contributed by atoms with Gasteiger partial charge in [-0.3, -0.25) is 4.79 Å². The molecule has 1 amide bonds. The summed E-state index contributed by atoms with van der Waals surface area (Å²) in [5.41, 5.74) is 0. The topological polar surface area (TPSA) is 123 Å². The van der Waals surface area contributed by atoms with Crippen molar-refractivity contribution in [2.75, 3.05) is 0 Å². The third-order valence-electron chi connectivity index (χ3n) is 2.03. The maximum Gasteiger partial charge on any atom is 0.371 e. The highest BCUT2D eigenvalue weighted by Gasteiger charge is 2.10. The molecule has 0 aliphatic heterocycles. The molecular weight excluding hydrogens is 242 g/mol. The average Bonchev–Trinajstić information content (AvgIpc) is 2.96. The number of hydrogen-bond acceptors (Lipinski definition) is 6. The van der Waals surface area contributed by atoms with Gasteiger partial charge in [-0.05, 0) is 22.6 Å². The normalized spacial score (nSPS) is 10.2. The molecule has 0 bridgehead atoms. The second-order valence-corrected chi connectivity index (χ2v) is 3.36. The number of amides is 1. The van der Waals surface area contributed by atoms with Crippen LogP contribution in [0.4, 0.5) is 0 Å². The maximum absolute atomic E-state index is 11.4. The lowest BCUT2D eigenvalue weighted by Crippen LogP contribution is -2.27. The highest BCUT2D eigenvalue weighted by atomic mass is 16.4. The summed E-state index contributed by atoms with van der Waals surface area (Å²) in [4.78, 5) is 22.0. The molecule has 2 heterocycles. The number of nitrogens with one attached hydrogen (secondary N) is 1. The van der Waals surface area contributed by atoms with Crippen molar-refractivity contribution in [2.24, 2.45) is 0 Å². The van der Waals surface area contributed by atoms with Crippen LogP contribution in [0.1, 0.15) is 16.3 Å². The Labute approximate surface area is 100 Å². The molecule has 2 rings (SSSR count). The van der Waals surface area contributed by atoms with E-state index in [0.717, 1.165) is 0 Å². The first-order valence-electron chi connectivity index (χ1n) is 4.94. The Kier molecular flexibility index (Phi) is 3.32. The van der Waals surface area contributed by atoms with Crippen molar-refractivity contribution in [1.82, 2.24) is 25.5 Å². The first-order valence-corrected chi connectivity index (χ1v) is 4.94. The number of tetrazole rings is 1. The van der Waals surface area contributed by atoms with E-state index in [1.165, 1.54) is 23.1 Å². The first-order chi connectivity index (χ1) is 8.65. The van der Waals surface area contributed by atoms with Crippen molar-refractivity contribution in [1.29, 1.82) is 0 Å². The summed E-state index contributed by atoms with van der Waals surface area (Å²) in [5, 5.41) is 21.5. The number of carbonyl (C=O) groups is 2. The van der Waals surface area contributed by atoms with Crippen LogP contribution >= 0.6 is 0 Å². The number of carbonyl (C=O) groups excluding carboxylic acids is 1. The Bertz CT molecular complexity index is 547. The van der Waals surface area contributed by atoms with Gasteiger partial charge in [0.25, 0.3) is 0 Å². The molecule has 0 saturated carbocycles. The Morgan fingerprint density at radius 3 is 2.89 bits per heavy atom. The van der Waals surface area contributed by atoms with Crippen LogP contribution in [0.2, 0.25) is 0 Å². The minimum Gasteiger partial charge on any atom is -0.475 e. The fraction of sp³-hybridized carbons (Fsp3) is 0.222. The van der Waals surface area contributed by atoms with E-state index >= 15 is 0 Å². The Balaban J connectivity index is 1.83. The third kappa shape index (κ3) is 2.90. The maximum atomic E-state index is 11.4. The van der Waals surface area contributed by atoms with Gasteiger partial charge in [0, 0.05) is 0 Å². The quantitative estimate of drug-likeness (QED) is 0.718. The molecule has 0 saturated heterocycles. The fourth-order valence-electron chi connectivity index (χ4n) is 1.23. The number of aromatic carboxylic acids is 1. The number of carboxylic acid groups (broad SMARTS) is 1. The largest absolute Gasteiger partial charge is 0.475 e. The number of aromatic nitrogens is 4. The monoisotopic (exact) mass is 251 g/mol. The van der Waals surface area contributed by atoms with E-state index in [1.54, 1.807) is 0 Å². The van der Waals surface area contributed by atoms with E-state index in [2.05, 4.69) is 20.8 Å². The second kappa shape index (κ2) is 5.08. The molecule has 0 aliphatic carbocycles. The summed E-state index contributed by atoms with van der Waals surface area (Å²) in [5.74, 6) is -1.27. The Morgan fingerprint density at radius 2 is 2.28 bits per heavy atom. The van der Waals surface area contributed by atoms with Crippen LogP contribution in [-0.2, 0) is 17.9 Å².